The van der Waals surface area contributed by atoms with Gasteiger partial charge in [-0.15, -0.1) is 0 Å². The molecule has 0 atom stereocenters. The average molecular weight is 333 g/mol. The van der Waals surface area contributed by atoms with E-state index in [0.29, 0.717) is 26.2 Å². The predicted octanol–water partition coefficient (Wildman–Crippen LogP) is -0.302. The Kier molecular flexibility index (Phi) is 6.31. The largest absolute Gasteiger partial charge is 0.395 e. The van der Waals surface area contributed by atoms with Crippen LogP contribution in [0, 0.1) is 0 Å². The van der Waals surface area contributed by atoms with Gasteiger partial charge in [0.1, 0.15) is 0 Å². The second kappa shape index (κ2) is 8.44. The van der Waals surface area contributed by atoms with Crippen LogP contribution in [0.15, 0.2) is 30.3 Å². The molecule has 0 bridgehead atoms. The molecule has 1 aliphatic heterocycles. The molecule has 7 nitrogen and oxygen atoms in total. The summed E-state index contributed by atoms with van der Waals surface area (Å²) >= 11 is 0. The molecule has 1 aliphatic rings. The van der Waals surface area contributed by atoms with Crippen molar-refractivity contribution in [2.24, 2.45) is 0 Å². The van der Waals surface area contributed by atoms with Gasteiger partial charge < -0.3 is 19.8 Å². The number of nitrogens with zero attached hydrogens (tertiary/aromatic N) is 3. The molecular formula is C17H23N3O4. The van der Waals surface area contributed by atoms with Crippen molar-refractivity contribution in [3.63, 3.8) is 0 Å². The number of benzene rings is 1. The summed E-state index contributed by atoms with van der Waals surface area (Å²) in [6, 6.07) is 9.34. The van der Waals surface area contributed by atoms with Crippen molar-refractivity contribution in [1.82, 2.24) is 14.7 Å². The van der Waals surface area contributed by atoms with E-state index in [2.05, 4.69) is 0 Å². The van der Waals surface area contributed by atoms with Crippen LogP contribution in [0.2, 0.25) is 0 Å². The van der Waals surface area contributed by atoms with Gasteiger partial charge in [-0.3, -0.25) is 14.4 Å². The number of piperazine rings is 1. The summed E-state index contributed by atoms with van der Waals surface area (Å²) in [5.41, 5.74) is 0.897. The Labute approximate surface area is 141 Å². The Morgan fingerprint density at radius 2 is 1.62 bits per heavy atom. The molecule has 0 aliphatic carbocycles. The molecule has 24 heavy (non-hydrogen) atoms. The SMILES string of the molecule is CC(=O)N1CCN(C(=O)C(=O)N(CCO)Cc2ccccc2)CC1. The molecule has 1 saturated heterocycles. The summed E-state index contributed by atoms with van der Waals surface area (Å²) in [6.07, 6.45) is 0. The van der Waals surface area contributed by atoms with Gasteiger partial charge in [0.15, 0.2) is 0 Å². The van der Waals surface area contributed by atoms with Crippen LogP contribution in [0.25, 0.3) is 0 Å². The number of carbonyl (C=O) groups excluding carboxylic acids is 3. The van der Waals surface area contributed by atoms with Crippen LogP contribution in [-0.4, -0.2) is 76.9 Å². The van der Waals surface area contributed by atoms with E-state index in [1.54, 1.807) is 4.90 Å². The van der Waals surface area contributed by atoms with Crippen LogP contribution in [0.3, 0.4) is 0 Å². The fourth-order valence-electron chi connectivity index (χ4n) is 2.67. The third kappa shape index (κ3) is 4.55. The van der Waals surface area contributed by atoms with Gasteiger partial charge >= 0.3 is 11.8 Å². The van der Waals surface area contributed by atoms with E-state index in [9.17, 15) is 19.5 Å². The lowest BCUT2D eigenvalue weighted by molar-refractivity contribution is -0.154. The van der Waals surface area contributed by atoms with Crippen LogP contribution >= 0.6 is 0 Å². The molecule has 2 rings (SSSR count). The number of hydrogen-bond donors (Lipinski definition) is 1. The summed E-state index contributed by atoms with van der Waals surface area (Å²) in [7, 11) is 0. The summed E-state index contributed by atoms with van der Waals surface area (Å²) in [4.78, 5) is 40.7. The highest BCUT2D eigenvalue weighted by atomic mass is 16.3. The molecule has 1 N–H and O–H groups in total. The second-order valence-electron chi connectivity index (χ2n) is 5.73. The van der Waals surface area contributed by atoms with Gasteiger partial charge in [0.05, 0.1) is 6.61 Å². The lowest BCUT2D eigenvalue weighted by Crippen LogP contribution is -2.54. The van der Waals surface area contributed by atoms with E-state index in [-0.39, 0.29) is 25.6 Å². The van der Waals surface area contributed by atoms with E-state index in [1.165, 1.54) is 16.7 Å². The Balaban J connectivity index is 1.98. The van der Waals surface area contributed by atoms with Crippen molar-refractivity contribution in [2.45, 2.75) is 13.5 Å². The second-order valence-corrected chi connectivity index (χ2v) is 5.73. The minimum atomic E-state index is -0.621. The minimum absolute atomic E-state index is 0.0283. The van der Waals surface area contributed by atoms with E-state index in [0.717, 1.165) is 5.56 Å². The molecule has 0 unspecified atom stereocenters. The molecule has 0 saturated carbocycles. The predicted molar refractivity (Wildman–Crippen MR) is 87.8 cm³/mol. The Morgan fingerprint density at radius 1 is 1.04 bits per heavy atom. The van der Waals surface area contributed by atoms with Crippen LogP contribution < -0.4 is 0 Å². The van der Waals surface area contributed by atoms with Crippen molar-refractivity contribution in [3.05, 3.63) is 35.9 Å². The molecule has 1 heterocycles. The normalized spacial score (nSPS) is 14.4. The molecule has 7 heteroatoms. The van der Waals surface area contributed by atoms with E-state index in [1.807, 2.05) is 30.3 Å². The Bertz CT molecular complexity index is 583. The highest BCUT2D eigenvalue weighted by Crippen LogP contribution is 2.08. The van der Waals surface area contributed by atoms with Gasteiger partial charge in [0.25, 0.3) is 0 Å². The zero-order valence-corrected chi connectivity index (χ0v) is 13.9. The maximum atomic E-state index is 12.5. The quantitative estimate of drug-likeness (QED) is 0.767. The fourth-order valence-corrected chi connectivity index (χ4v) is 2.67. The van der Waals surface area contributed by atoms with Crippen LogP contribution in [0.4, 0.5) is 0 Å². The maximum absolute atomic E-state index is 12.5. The molecule has 0 spiro atoms. The molecule has 3 amide bonds. The fraction of sp³-hybridized carbons (Fsp3) is 0.471. The average Bonchev–Trinajstić information content (AvgIpc) is 2.61. The molecule has 1 fully saturated rings. The summed E-state index contributed by atoms with van der Waals surface area (Å²) in [6.45, 7) is 3.24. The highest BCUT2D eigenvalue weighted by Gasteiger charge is 2.30. The van der Waals surface area contributed by atoms with Gasteiger partial charge in [-0.25, -0.2) is 0 Å². The van der Waals surface area contributed by atoms with Gasteiger partial charge in [-0.2, -0.15) is 0 Å². The van der Waals surface area contributed by atoms with Crippen molar-refractivity contribution in [3.8, 4) is 0 Å². The smallest absolute Gasteiger partial charge is 0.312 e. The number of carbonyl (C=O) groups is 3. The first-order chi connectivity index (χ1) is 11.5. The number of aliphatic hydroxyl groups is 1. The first kappa shape index (κ1) is 17.9. The van der Waals surface area contributed by atoms with Gasteiger partial charge in [0, 0.05) is 46.2 Å². The summed E-state index contributed by atoms with van der Waals surface area (Å²) < 4.78 is 0. The van der Waals surface area contributed by atoms with E-state index < -0.39 is 11.8 Å². The van der Waals surface area contributed by atoms with Crippen molar-refractivity contribution >= 4 is 17.7 Å². The van der Waals surface area contributed by atoms with Gasteiger partial charge in [-0.1, -0.05) is 30.3 Å². The van der Waals surface area contributed by atoms with Crippen LogP contribution in [0.5, 0.6) is 0 Å². The molecule has 1 aromatic carbocycles. The van der Waals surface area contributed by atoms with Crippen molar-refractivity contribution < 1.29 is 19.5 Å². The number of hydrogen-bond acceptors (Lipinski definition) is 4. The van der Waals surface area contributed by atoms with Crippen LogP contribution in [0.1, 0.15) is 12.5 Å². The Hall–Kier alpha value is -2.41. The monoisotopic (exact) mass is 333 g/mol. The number of amides is 3. The standard InChI is InChI=1S/C17H23N3O4/c1-14(22)18-7-9-19(10-8-18)16(23)17(24)20(11-12-21)13-15-5-3-2-4-6-15/h2-6,21H,7-13H2,1H3. The lowest BCUT2D eigenvalue weighted by atomic mass is 10.2. The van der Waals surface area contributed by atoms with E-state index >= 15 is 0 Å². The first-order valence-corrected chi connectivity index (χ1v) is 8.01. The minimum Gasteiger partial charge on any atom is -0.395 e. The molecule has 130 valence electrons. The number of aliphatic hydroxyl groups excluding tert-OH is 1. The van der Waals surface area contributed by atoms with Crippen molar-refractivity contribution in [2.75, 3.05) is 39.3 Å². The first-order valence-electron chi connectivity index (χ1n) is 8.01. The zero-order valence-electron chi connectivity index (χ0n) is 13.9. The third-order valence-corrected chi connectivity index (χ3v) is 4.07. The summed E-state index contributed by atoms with van der Waals surface area (Å²) in [5.74, 6) is -1.23. The maximum Gasteiger partial charge on any atom is 0.312 e. The van der Waals surface area contributed by atoms with Gasteiger partial charge in [-0.05, 0) is 5.56 Å². The van der Waals surface area contributed by atoms with Crippen molar-refractivity contribution in [1.29, 1.82) is 0 Å². The third-order valence-electron chi connectivity index (χ3n) is 4.07. The summed E-state index contributed by atoms with van der Waals surface area (Å²) in [5, 5.41) is 9.19. The van der Waals surface area contributed by atoms with E-state index in [4.69, 9.17) is 0 Å². The van der Waals surface area contributed by atoms with Crippen LogP contribution in [-0.2, 0) is 20.9 Å². The Morgan fingerprint density at radius 3 is 2.17 bits per heavy atom. The molecule has 1 aromatic rings. The lowest BCUT2D eigenvalue weighted by Gasteiger charge is -2.34. The molecule has 0 radical (unpaired) electrons. The van der Waals surface area contributed by atoms with Gasteiger partial charge in [0.2, 0.25) is 5.91 Å². The molecular weight excluding hydrogens is 310 g/mol. The molecule has 0 aromatic heterocycles. The zero-order chi connectivity index (χ0) is 17.5. The number of rotatable bonds is 4. The topological polar surface area (TPSA) is 81.2 Å². The highest BCUT2D eigenvalue weighted by molar-refractivity contribution is 6.34.